The third-order valence-electron chi connectivity index (χ3n) is 2.74. The fourth-order valence-corrected chi connectivity index (χ4v) is 2.24. The molecule has 2 aromatic rings. The van der Waals surface area contributed by atoms with Crippen molar-refractivity contribution < 1.29 is 9.53 Å². The smallest absolute Gasteiger partial charge is 0.340 e. The number of halogens is 2. The van der Waals surface area contributed by atoms with Gasteiger partial charge in [-0.1, -0.05) is 23.2 Å². The van der Waals surface area contributed by atoms with Crippen LogP contribution in [-0.4, -0.2) is 12.6 Å². The maximum Gasteiger partial charge on any atom is 0.340 e. The second-order valence-electron chi connectivity index (χ2n) is 4.27. The molecule has 6 heteroatoms. The Kier molecular flexibility index (Phi) is 4.94. The predicted molar refractivity (Wildman–Crippen MR) is 86.6 cm³/mol. The van der Waals surface area contributed by atoms with Gasteiger partial charge in [0.1, 0.15) is 0 Å². The van der Waals surface area contributed by atoms with Gasteiger partial charge in [0, 0.05) is 10.7 Å². The summed E-state index contributed by atoms with van der Waals surface area (Å²) in [5.74, 6) is -0.447. The van der Waals surface area contributed by atoms with E-state index in [0.717, 1.165) is 0 Å². The van der Waals surface area contributed by atoms with Crippen molar-refractivity contribution in [3.8, 4) is 0 Å². The maximum absolute atomic E-state index is 12.0. The van der Waals surface area contributed by atoms with E-state index in [1.165, 1.54) is 0 Å². The van der Waals surface area contributed by atoms with Crippen LogP contribution >= 0.6 is 23.2 Å². The number of nitrogens with one attached hydrogen (secondary N) is 1. The number of nitrogen functional groups attached to an aromatic ring is 1. The summed E-state index contributed by atoms with van der Waals surface area (Å²) in [6.45, 7) is 2.03. The van der Waals surface area contributed by atoms with E-state index in [1.807, 2.05) is 0 Å². The standard InChI is InChI=1S/C15H14Cl2N2O2/c1-2-21-15(20)11-8-10(18)4-6-13(11)19-14-5-3-9(16)7-12(14)17/h3-8,19H,2,18H2,1H3. The summed E-state index contributed by atoms with van der Waals surface area (Å²) >= 11 is 12.0. The molecule has 0 fully saturated rings. The minimum Gasteiger partial charge on any atom is -0.462 e. The number of rotatable bonds is 4. The lowest BCUT2D eigenvalue weighted by Gasteiger charge is -2.13. The SMILES string of the molecule is CCOC(=O)c1cc(N)ccc1Nc1ccc(Cl)cc1Cl. The van der Waals surface area contributed by atoms with E-state index in [0.29, 0.717) is 32.7 Å². The van der Waals surface area contributed by atoms with Gasteiger partial charge in [-0.25, -0.2) is 4.79 Å². The second kappa shape index (κ2) is 6.70. The van der Waals surface area contributed by atoms with Gasteiger partial charge in [0.2, 0.25) is 0 Å². The molecule has 21 heavy (non-hydrogen) atoms. The molecular weight excluding hydrogens is 311 g/mol. The van der Waals surface area contributed by atoms with Gasteiger partial charge in [-0.3, -0.25) is 0 Å². The van der Waals surface area contributed by atoms with Crippen LogP contribution in [0.15, 0.2) is 36.4 Å². The first-order chi connectivity index (χ1) is 10.0. The van der Waals surface area contributed by atoms with Crippen LogP contribution in [0.1, 0.15) is 17.3 Å². The van der Waals surface area contributed by atoms with Crippen molar-refractivity contribution >= 4 is 46.2 Å². The normalized spacial score (nSPS) is 10.2. The highest BCUT2D eigenvalue weighted by Gasteiger charge is 2.14. The summed E-state index contributed by atoms with van der Waals surface area (Å²) in [7, 11) is 0. The minimum atomic E-state index is -0.447. The van der Waals surface area contributed by atoms with Crippen molar-refractivity contribution in [3.63, 3.8) is 0 Å². The Morgan fingerprint density at radius 2 is 1.90 bits per heavy atom. The molecule has 0 radical (unpaired) electrons. The molecule has 0 bridgehead atoms. The highest BCUT2D eigenvalue weighted by atomic mass is 35.5. The molecular formula is C15H14Cl2N2O2. The number of ether oxygens (including phenoxy) is 1. The first-order valence-corrected chi connectivity index (χ1v) is 7.05. The highest BCUT2D eigenvalue weighted by Crippen LogP contribution is 2.30. The van der Waals surface area contributed by atoms with Crippen LogP contribution < -0.4 is 11.1 Å². The average Bonchev–Trinajstić information content (AvgIpc) is 2.43. The molecule has 0 spiro atoms. The Bertz CT molecular complexity index is 675. The summed E-state index contributed by atoms with van der Waals surface area (Å²) in [4.78, 5) is 12.0. The molecule has 4 nitrogen and oxygen atoms in total. The number of anilines is 3. The van der Waals surface area contributed by atoms with Gasteiger partial charge < -0.3 is 15.8 Å². The van der Waals surface area contributed by atoms with Gasteiger partial charge in [-0.05, 0) is 43.3 Å². The van der Waals surface area contributed by atoms with E-state index < -0.39 is 5.97 Å². The Morgan fingerprint density at radius 3 is 2.57 bits per heavy atom. The molecule has 0 unspecified atom stereocenters. The van der Waals surface area contributed by atoms with Gasteiger partial charge >= 0.3 is 5.97 Å². The molecule has 0 aromatic heterocycles. The molecule has 0 aliphatic carbocycles. The van der Waals surface area contributed by atoms with Gasteiger partial charge in [0.15, 0.2) is 0 Å². The van der Waals surface area contributed by atoms with Gasteiger partial charge in [-0.15, -0.1) is 0 Å². The zero-order chi connectivity index (χ0) is 15.4. The fourth-order valence-electron chi connectivity index (χ4n) is 1.78. The molecule has 0 aliphatic heterocycles. The quantitative estimate of drug-likeness (QED) is 0.642. The Hall–Kier alpha value is -1.91. The van der Waals surface area contributed by atoms with E-state index in [2.05, 4.69) is 5.32 Å². The Balaban J connectivity index is 2.37. The number of carbonyl (C=O) groups is 1. The summed E-state index contributed by atoms with van der Waals surface area (Å²) < 4.78 is 5.02. The number of hydrogen-bond donors (Lipinski definition) is 2. The Morgan fingerprint density at radius 1 is 1.19 bits per heavy atom. The summed E-state index contributed by atoms with van der Waals surface area (Å²) in [5, 5.41) is 4.08. The maximum atomic E-state index is 12.0. The van der Waals surface area contributed by atoms with E-state index in [4.69, 9.17) is 33.7 Å². The lowest BCUT2D eigenvalue weighted by atomic mass is 10.1. The van der Waals surface area contributed by atoms with Gasteiger partial charge in [0.25, 0.3) is 0 Å². The minimum absolute atomic E-state index is 0.286. The third-order valence-corrected chi connectivity index (χ3v) is 3.29. The molecule has 0 saturated heterocycles. The molecule has 2 aromatic carbocycles. The number of esters is 1. The molecule has 0 amide bonds. The first kappa shape index (κ1) is 15.5. The number of nitrogens with two attached hydrogens (primary N) is 1. The molecule has 0 heterocycles. The number of benzene rings is 2. The molecule has 2 rings (SSSR count). The highest BCUT2D eigenvalue weighted by molar-refractivity contribution is 6.36. The monoisotopic (exact) mass is 324 g/mol. The largest absolute Gasteiger partial charge is 0.462 e. The van der Waals surface area contributed by atoms with Crippen LogP contribution in [0.4, 0.5) is 17.1 Å². The fraction of sp³-hybridized carbons (Fsp3) is 0.133. The lowest BCUT2D eigenvalue weighted by molar-refractivity contribution is 0.0527. The van der Waals surface area contributed by atoms with E-state index in [1.54, 1.807) is 43.3 Å². The first-order valence-electron chi connectivity index (χ1n) is 6.30. The van der Waals surface area contributed by atoms with E-state index >= 15 is 0 Å². The zero-order valence-corrected chi connectivity index (χ0v) is 12.8. The van der Waals surface area contributed by atoms with Crippen LogP contribution in [0.3, 0.4) is 0 Å². The molecule has 110 valence electrons. The van der Waals surface area contributed by atoms with Crippen molar-refractivity contribution in [1.82, 2.24) is 0 Å². The predicted octanol–water partition coefficient (Wildman–Crippen LogP) is 4.50. The van der Waals surface area contributed by atoms with E-state index in [-0.39, 0.29) is 6.61 Å². The van der Waals surface area contributed by atoms with Crippen LogP contribution in [0, 0.1) is 0 Å². The van der Waals surface area contributed by atoms with E-state index in [9.17, 15) is 4.79 Å². The van der Waals surface area contributed by atoms with Crippen molar-refractivity contribution in [2.45, 2.75) is 6.92 Å². The zero-order valence-electron chi connectivity index (χ0n) is 11.3. The molecule has 0 saturated carbocycles. The number of hydrogen-bond acceptors (Lipinski definition) is 4. The van der Waals surface area contributed by atoms with Crippen LogP contribution in [0.2, 0.25) is 10.0 Å². The molecule has 0 atom stereocenters. The summed E-state index contributed by atoms with van der Waals surface area (Å²) in [6, 6.07) is 10.0. The average molecular weight is 325 g/mol. The van der Waals surface area contributed by atoms with Crippen molar-refractivity contribution in [2.24, 2.45) is 0 Å². The topological polar surface area (TPSA) is 64.3 Å². The molecule has 0 aliphatic rings. The third kappa shape index (κ3) is 3.80. The lowest BCUT2D eigenvalue weighted by Crippen LogP contribution is -2.08. The Labute approximate surface area is 132 Å². The second-order valence-corrected chi connectivity index (χ2v) is 5.12. The molecule has 3 N–H and O–H groups in total. The number of carbonyl (C=O) groups excluding carboxylic acids is 1. The van der Waals surface area contributed by atoms with Crippen molar-refractivity contribution in [1.29, 1.82) is 0 Å². The van der Waals surface area contributed by atoms with Gasteiger partial charge in [0.05, 0.1) is 28.6 Å². The summed E-state index contributed by atoms with van der Waals surface area (Å²) in [6.07, 6.45) is 0. The van der Waals surface area contributed by atoms with Crippen LogP contribution in [0.5, 0.6) is 0 Å². The van der Waals surface area contributed by atoms with Gasteiger partial charge in [-0.2, -0.15) is 0 Å². The summed E-state index contributed by atoms with van der Waals surface area (Å²) in [5.41, 5.74) is 7.75. The van der Waals surface area contributed by atoms with Crippen molar-refractivity contribution in [3.05, 3.63) is 52.0 Å². The van der Waals surface area contributed by atoms with Crippen LogP contribution in [-0.2, 0) is 4.74 Å². The van der Waals surface area contributed by atoms with Crippen molar-refractivity contribution in [2.75, 3.05) is 17.7 Å². The van der Waals surface area contributed by atoms with Crippen LogP contribution in [0.25, 0.3) is 0 Å².